The number of ether oxygens (including phenoxy) is 1. The minimum absolute atomic E-state index is 0.00753. The van der Waals surface area contributed by atoms with Crippen molar-refractivity contribution in [2.75, 3.05) is 6.61 Å². The number of carbonyl (C=O) groups is 2. The largest absolute Gasteiger partial charge is 0.481 e. The molecule has 46 heavy (non-hydrogen) atoms. The average molecular weight is 649 g/mol. The van der Waals surface area contributed by atoms with Gasteiger partial charge in [-0.2, -0.15) is 0 Å². The highest BCUT2D eigenvalue weighted by atomic mass is 16.5. The molecule has 0 fully saturated rings. The summed E-state index contributed by atoms with van der Waals surface area (Å²) in [5.74, 6) is -0.649. The van der Waals surface area contributed by atoms with Crippen LogP contribution in [-0.4, -0.2) is 23.7 Å². The van der Waals surface area contributed by atoms with Gasteiger partial charge in [0.15, 0.2) is 0 Å². The zero-order valence-corrected chi connectivity index (χ0v) is 31.0. The van der Waals surface area contributed by atoms with Crippen LogP contribution in [0.25, 0.3) is 0 Å². The molecule has 272 valence electrons. The molecule has 4 heteroatoms. The summed E-state index contributed by atoms with van der Waals surface area (Å²) in [7, 11) is 0. The van der Waals surface area contributed by atoms with Crippen molar-refractivity contribution in [2.24, 2.45) is 0 Å². The van der Waals surface area contributed by atoms with Gasteiger partial charge in [0.2, 0.25) is 0 Å². The Bertz CT molecular complexity index is 644. The fourth-order valence-electron chi connectivity index (χ4n) is 6.34. The first-order chi connectivity index (χ1) is 22.7. The second-order valence-electron chi connectivity index (χ2n) is 14.1. The lowest BCUT2D eigenvalue weighted by atomic mass is 10.0. The molecule has 1 N–H and O–H groups in total. The van der Waals surface area contributed by atoms with Gasteiger partial charge in [0, 0.05) is 12.8 Å². The molecule has 0 radical (unpaired) electrons. The maximum Gasteiger partial charge on any atom is 0.305 e. The number of allylic oxidation sites excluding steroid dienone is 2. The Hall–Kier alpha value is -1.32. The van der Waals surface area contributed by atoms with Crippen molar-refractivity contribution in [3.05, 3.63) is 12.2 Å². The van der Waals surface area contributed by atoms with Crippen LogP contribution in [0.4, 0.5) is 0 Å². The van der Waals surface area contributed by atoms with Gasteiger partial charge in [-0.05, 0) is 44.9 Å². The number of hydrogen-bond acceptors (Lipinski definition) is 3. The van der Waals surface area contributed by atoms with Crippen molar-refractivity contribution >= 4 is 11.9 Å². The molecule has 0 aromatic heterocycles. The summed E-state index contributed by atoms with van der Waals surface area (Å²) >= 11 is 0. The van der Waals surface area contributed by atoms with E-state index in [0.29, 0.717) is 19.4 Å². The van der Waals surface area contributed by atoms with E-state index in [1.807, 2.05) is 0 Å². The summed E-state index contributed by atoms with van der Waals surface area (Å²) in [6.45, 7) is 2.88. The molecule has 0 saturated carbocycles. The molecule has 0 bridgehead atoms. The second-order valence-corrected chi connectivity index (χ2v) is 14.1. The van der Waals surface area contributed by atoms with E-state index < -0.39 is 5.97 Å². The van der Waals surface area contributed by atoms with E-state index in [1.54, 1.807) is 0 Å². The Morgan fingerprint density at radius 3 is 1.09 bits per heavy atom. The monoisotopic (exact) mass is 649 g/mol. The quantitative estimate of drug-likeness (QED) is 0.0409. The van der Waals surface area contributed by atoms with Crippen LogP contribution in [0.2, 0.25) is 0 Å². The van der Waals surface area contributed by atoms with Gasteiger partial charge in [0.05, 0.1) is 6.61 Å². The van der Waals surface area contributed by atoms with Gasteiger partial charge in [0.1, 0.15) is 0 Å². The van der Waals surface area contributed by atoms with Gasteiger partial charge >= 0.3 is 11.9 Å². The highest BCUT2D eigenvalue weighted by molar-refractivity contribution is 5.69. The first kappa shape index (κ1) is 44.7. The molecule has 0 aliphatic carbocycles. The summed E-state index contributed by atoms with van der Waals surface area (Å²) in [6.07, 6.45) is 49.6. The van der Waals surface area contributed by atoms with E-state index in [2.05, 4.69) is 19.1 Å². The molecule has 0 saturated heterocycles. The van der Waals surface area contributed by atoms with Crippen LogP contribution in [0, 0.1) is 0 Å². The van der Waals surface area contributed by atoms with E-state index in [4.69, 9.17) is 9.84 Å². The molecule has 0 aliphatic heterocycles. The Morgan fingerprint density at radius 2 is 0.717 bits per heavy atom. The number of rotatable bonds is 39. The predicted octanol–water partition coefficient (Wildman–Crippen LogP) is 14.2. The minimum atomic E-state index is -0.657. The van der Waals surface area contributed by atoms with E-state index in [1.165, 1.54) is 186 Å². The second kappa shape index (κ2) is 39.9. The topological polar surface area (TPSA) is 63.6 Å². The van der Waals surface area contributed by atoms with Gasteiger partial charge in [-0.3, -0.25) is 9.59 Å². The van der Waals surface area contributed by atoms with Crippen LogP contribution in [0.15, 0.2) is 12.2 Å². The smallest absolute Gasteiger partial charge is 0.305 e. The minimum Gasteiger partial charge on any atom is -0.481 e. The van der Waals surface area contributed by atoms with Crippen molar-refractivity contribution in [3.63, 3.8) is 0 Å². The highest BCUT2D eigenvalue weighted by Gasteiger charge is 2.03. The summed E-state index contributed by atoms with van der Waals surface area (Å²) in [6, 6.07) is 0. The van der Waals surface area contributed by atoms with Gasteiger partial charge in [-0.15, -0.1) is 0 Å². The van der Waals surface area contributed by atoms with Gasteiger partial charge in [-0.1, -0.05) is 192 Å². The third kappa shape index (κ3) is 40.7. The molecule has 0 unspecified atom stereocenters. The van der Waals surface area contributed by atoms with Crippen molar-refractivity contribution in [3.8, 4) is 0 Å². The molecule has 0 heterocycles. The lowest BCUT2D eigenvalue weighted by Crippen LogP contribution is -2.05. The van der Waals surface area contributed by atoms with Gasteiger partial charge < -0.3 is 9.84 Å². The molecule has 4 nitrogen and oxygen atoms in total. The third-order valence-corrected chi connectivity index (χ3v) is 9.44. The summed E-state index contributed by atoms with van der Waals surface area (Å²) < 4.78 is 5.44. The normalized spacial score (nSPS) is 11.5. The van der Waals surface area contributed by atoms with Crippen molar-refractivity contribution < 1.29 is 19.4 Å². The number of esters is 1. The fraction of sp³-hybridized carbons (Fsp3) is 0.905. The molecule has 0 rings (SSSR count). The number of carboxylic acid groups (broad SMARTS) is 1. The van der Waals surface area contributed by atoms with Crippen LogP contribution >= 0.6 is 0 Å². The predicted molar refractivity (Wildman–Crippen MR) is 200 cm³/mol. The number of aliphatic carboxylic acids is 1. The summed E-state index contributed by atoms with van der Waals surface area (Å²) in [5, 5.41) is 8.64. The summed E-state index contributed by atoms with van der Waals surface area (Å²) in [4.78, 5) is 22.4. The lowest BCUT2D eigenvalue weighted by molar-refractivity contribution is -0.144. The maximum atomic E-state index is 11.9. The van der Waals surface area contributed by atoms with Crippen LogP contribution in [-0.2, 0) is 14.3 Å². The number of hydrogen-bond donors (Lipinski definition) is 1. The van der Waals surface area contributed by atoms with Crippen LogP contribution in [0.1, 0.15) is 238 Å². The van der Waals surface area contributed by atoms with Crippen LogP contribution in [0.5, 0.6) is 0 Å². The summed E-state index contributed by atoms with van der Waals surface area (Å²) in [5.41, 5.74) is 0. The third-order valence-electron chi connectivity index (χ3n) is 9.44. The van der Waals surface area contributed by atoms with Crippen LogP contribution in [0.3, 0.4) is 0 Å². The first-order valence-electron chi connectivity index (χ1n) is 20.7. The maximum absolute atomic E-state index is 11.9. The Kier molecular flexibility index (Phi) is 38.7. The van der Waals surface area contributed by atoms with E-state index in [9.17, 15) is 9.59 Å². The van der Waals surface area contributed by atoms with Crippen molar-refractivity contribution in [1.29, 1.82) is 0 Å². The molecule has 0 amide bonds. The molecular weight excluding hydrogens is 568 g/mol. The first-order valence-corrected chi connectivity index (χ1v) is 20.7. The molecule has 0 aromatic carbocycles. The average Bonchev–Trinajstić information content (AvgIpc) is 3.04. The van der Waals surface area contributed by atoms with Crippen molar-refractivity contribution in [1.82, 2.24) is 0 Å². The Morgan fingerprint density at radius 1 is 0.413 bits per heavy atom. The standard InChI is InChI=1S/C42H80O4/c1-2-3-4-5-6-7-8-20-24-27-30-33-36-39-42(45)46-40-37-34-31-28-25-22-19-17-15-13-11-9-10-12-14-16-18-21-23-26-29-32-35-38-41(43)44/h7-8H,2-6,9-40H2,1H3,(H,43,44)/b8-7-. The fourth-order valence-corrected chi connectivity index (χ4v) is 6.34. The SMILES string of the molecule is CCCCCC/C=C\CCCCCCCC(=O)OCCCCCCCCCCCCCCCCCCCCCCCCCC(=O)O. The number of carbonyl (C=O) groups excluding carboxylic acids is 1. The number of unbranched alkanes of at least 4 members (excludes halogenated alkanes) is 31. The highest BCUT2D eigenvalue weighted by Crippen LogP contribution is 2.16. The molecule has 0 spiro atoms. The Labute approximate surface area is 287 Å². The molecule has 0 aliphatic rings. The van der Waals surface area contributed by atoms with E-state index >= 15 is 0 Å². The van der Waals surface area contributed by atoms with Gasteiger partial charge in [-0.25, -0.2) is 0 Å². The molecule has 0 atom stereocenters. The number of carboxylic acids is 1. The Balaban J connectivity index is 3.16. The lowest BCUT2D eigenvalue weighted by Gasteiger charge is -2.06. The van der Waals surface area contributed by atoms with Crippen molar-refractivity contribution in [2.45, 2.75) is 238 Å². The van der Waals surface area contributed by atoms with Gasteiger partial charge in [0.25, 0.3) is 0 Å². The zero-order valence-electron chi connectivity index (χ0n) is 31.0. The van der Waals surface area contributed by atoms with Crippen LogP contribution < -0.4 is 0 Å². The van der Waals surface area contributed by atoms with E-state index in [0.717, 1.165) is 32.1 Å². The van der Waals surface area contributed by atoms with E-state index in [-0.39, 0.29) is 5.97 Å². The zero-order chi connectivity index (χ0) is 33.4. The molecular formula is C42H80O4. The molecule has 0 aromatic rings.